The number of hydrogen-bond acceptors (Lipinski definition) is 2. The highest BCUT2D eigenvalue weighted by Crippen LogP contribution is 2.14. The Bertz CT molecular complexity index is 894. The molecule has 3 heteroatoms. The van der Waals surface area contributed by atoms with Gasteiger partial charge in [0.1, 0.15) is 5.82 Å². The molecule has 0 atom stereocenters. The fourth-order valence-electron chi connectivity index (χ4n) is 2.69. The molecule has 1 N–H and O–H groups in total. The smallest absolute Gasteiger partial charge is 0.258 e. The summed E-state index contributed by atoms with van der Waals surface area (Å²) in [4.78, 5) is 19.7. The summed E-state index contributed by atoms with van der Waals surface area (Å²) in [6.07, 6.45) is 1.61. The normalized spacial score (nSPS) is 11.0. The van der Waals surface area contributed by atoms with Gasteiger partial charge in [-0.05, 0) is 55.5 Å². The number of H-pyrrole nitrogens is 1. The largest absolute Gasteiger partial charge is 0.310 e. The van der Waals surface area contributed by atoms with Crippen molar-refractivity contribution in [1.29, 1.82) is 0 Å². The number of benzene rings is 2. The van der Waals surface area contributed by atoms with E-state index >= 15 is 0 Å². The zero-order chi connectivity index (χ0) is 15.7. The summed E-state index contributed by atoms with van der Waals surface area (Å²) in [5, 5.41) is 0.662. The van der Waals surface area contributed by atoms with Crippen LogP contribution in [0.2, 0.25) is 0 Å². The molecule has 1 heterocycles. The highest BCUT2D eigenvalue weighted by atomic mass is 16.1. The highest BCUT2D eigenvalue weighted by Gasteiger charge is 2.06. The van der Waals surface area contributed by atoms with Crippen molar-refractivity contribution in [3.8, 4) is 0 Å². The molecule has 3 rings (SSSR count). The zero-order valence-electron chi connectivity index (χ0n) is 13.2. The average molecular weight is 292 g/mol. The number of para-hydroxylation sites is 1. The number of rotatable bonds is 3. The lowest BCUT2D eigenvalue weighted by Gasteiger charge is -2.07. The first-order valence-electron chi connectivity index (χ1n) is 7.59. The Morgan fingerprint density at radius 3 is 2.55 bits per heavy atom. The quantitative estimate of drug-likeness (QED) is 0.801. The highest BCUT2D eigenvalue weighted by molar-refractivity contribution is 5.80. The van der Waals surface area contributed by atoms with E-state index in [0.29, 0.717) is 5.39 Å². The van der Waals surface area contributed by atoms with Crippen molar-refractivity contribution in [1.82, 2.24) is 9.97 Å². The standard InChI is InChI=1S/C19H20N2O/c1-12-7-8-15(11-14(12)3)9-10-17-20-18-13(2)5-4-6-16(18)19(22)21-17/h4-8,11H,9-10H2,1-3H3,(H,20,21,22). The van der Waals surface area contributed by atoms with Crippen molar-refractivity contribution in [3.63, 3.8) is 0 Å². The van der Waals surface area contributed by atoms with Gasteiger partial charge in [-0.15, -0.1) is 0 Å². The molecule has 0 spiro atoms. The van der Waals surface area contributed by atoms with Crippen LogP contribution < -0.4 is 5.56 Å². The van der Waals surface area contributed by atoms with E-state index in [1.807, 2.05) is 25.1 Å². The van der Waals surface area contributed by atoms with Gasteiger partial charge in [-0.25, -0.2) is 4.98 Å². The molecule has 0 aliphatic heterocycles. The van der Waals surface area contributed by atoms with Gasteiger partial charge in [-0.2, -0.15) is 0 Å². The maximum absolute atomic E-state index is 12.2. The van der Waals surface area contributed by atoms with E-state index in [1.54, 1.807) is 0 Å². The summed E-state index contributed by atoms with van der Waals surface area (Å²) in [7, 11) is 0. The van der Waals surface area contributed by atoms with E-state index in [0.717, 1.165) is 29.7 Å². The maximum Gasteiger partial charge on any atom is 0.258 e. The van der Waals surface area contributed by atoms with Crippen LogP contribution in [0.25, 0.3) is 10.9 Å². The van der Waals surface area contributed by atoms with Crippen molar-refractivity contribution < 1.29 is 0 Å². The van der Waals surface area contributed by atoms with Crippen LogP contribution in [0.5, 0.6) is 0 Å². The molecule has 0 bridgehead atoms. The number of nitrogens with one attached hydrogen (secondary N) is 1. The van der Waals surface area contributed by atoms with E-state index in [2.05, 4.69) is 42.0 Å². The topological polar surface area (TPSA) is 45.8 Å². The molecule has 0 saturated carbocycles. The van der Waals surface area contributed by atoms with Crippen LogP contribution in [0.4, 0.5) is 0 Å². The van der Waals surface area contributed by atoms with E-state index in [4.69, 9.17) is 0 Å². The molecule has 112 valence electrons. The molecule has 0 saturated heterocycles. The Morgan fingerprint density at radius 2 is 1.77 bits per heavy atom. The lowest BCUT2D eigenvalue weighted by molar-refractivity contribution is 0.859. The second kappa shape index (κ2) is 5.76. The first-order chi connectivity index (χ1) is 10.5. The molecular formula is C19H20N2O. The second-order valence-electron chi connectivity index (χ2n) is 5.90. The van der Waals surface area contributed by atoms with Crippen LogP contribution in [0.15, 0.2) is 41.2 Å². The van der Waals surface area contributed by atoms with Gasteiger partial charge in [-0.1, -0.05) is 30.3 Å². The van der Waals surface area contributed by atoms with Gasteiger partial charge in [0.25, 0.3) is 5.56 Å². The number of aryl methyl sites for hydroxylation is 5. The van der Waals surface area contributed by atoms with E-state index in [9.17, 15) is 4.79 Å². The zero-order valence-corrected chi connectivity index (χ0v) is 13.2. The molecule has 0 amide bonds. The predicted octanol–water partition coefficient (Wildman–Crippen LogP) is 3.63. The number of nitrogens with zero attached hydrogens (tertiary/aromatic N) is 1. The van der Waals surface area contributed by atoms with Gasteiger partial charge in [0.2, 0.25) is 0 Å². The van der Waals surface area contributed by atoms with Gasteiger partial charge >= 0.3 is 0 Å². The van der Waals surface area contributed by atoms with Crippen molar-refractivity contribution in [2.24, 2.45) is 0 Å². The first kappa shape index (κ1) is 14.5. The number of aromatic nitrogens is 2. The summed E-state index contributed by atoms with van der Waals surface area (Å²) < 4.78 is 0. The van der Waals surface area contributed by atoms with Crippen molar-refractivity contribution in [2.45, 2.75) is 33.6 Å². The average Bonchev–Trinajstić information content (AvgIpc) is 2.50. The predicted molar refractivity (Wildman–Crippen MR) is 90.4 cm³/mol. The van der Waals surface area contributed by atoms with Crippen LogP contribution in [0.3, 0.4) is 0 Å². The molecule has 0 radical (unpaired) electrons. The number of fused-ring (bicyclic) bond motifs is 1. The van der Waals surface area contributed by atoms with Gasteiger partial charge in [0.15, 0.2) is 0 Å². The van der Waals surface area contributed by atoms with Crippen molar-refractivity contribution in [2.75, 3.05) is 0 Å². The summed E-state index contributed by atoms with van der Waals surface area (Å²) in [6.45, 7) is 6.23. The van der Waals surface area contributed by atoms with Gasteiger partial charge in [-0.3, -0.25) is 4.79 Å². The monoisotopic (exact) mass is 292 g/mol. The van der Waals surface area contributed by atoms with Crippen molar-refractivity contribution in [3.05, 3.63) is 74.8 Å². The SMILES string of the molecule is Cc1ccc(CCc2nc3c(C)cccc3c(=O)[nH]2)cc1C. The molecule has 2 aromatic carbocycles. The minimum Gasteiger partial charge on any atom is -0.310 e. The molecule has 3 nitrogen and oxygen atoms in total. The molecule has 3 aromatic rings. The summed E-state index contributed by atoms with van der Waals surface area (Å²) in [5.74, 6) is 0.755. The Labute approximate surface area is 130 Å². The minimum absolute atomic E-state index is 0.0520. The number of hydrogen-bond donors (Lipinski definition) is 1. The second-order valence-corrected chi connectivity index (χ2v) is 5.90. The summed E-state index contributed by atoms with van der Waals surface area (Å²) >= 11 is 0. The third kappa shape index (κ3) is 2.80. The van der Waals surface area contributed by atoms with Crippen LogP contribution in [0, 0.1) is 20.8 Å². The first-order valence-corrected chi connectivity index (χ1v) is 7.59. The lowest BCUT2D eigenvalue weighted by Crippen LogP contribution is -2.13. The summed E-state index contributed by atoms with van der Waals surface area (Å²) in [5.41, 5.74) is 5.67. The fraction of sp³-hybridized carbons (Fsp3) is 0.263. The third-order valence-corrected chi connectivity index (χ3v) is 4.21. The Hall–Kier alpha value is -2.42. The molecule has 1 aromatic heterocycles. The van der Waals surface area contributed by atoms with E-state index in [-0.39, 0.29) is 5.56 Å². The Balaban J connectivity index is 1.89. The number of aromatic amines is 1. The van der Waals surface area contributed by atoms with Crippen LogP contribution in [-0.4, -0.2) is 9.97 Å². The molecule has 22 heavy (non-hydrogen) atoms. The molecule has 0 unspecified atom stereocenters. The minimum atomic E-state index is -0.0520. The molecule has 0 aliphatic carbocycles. The molecule has 0 fully saturated rings. The van der Waals surface area contributed by atoms with Crippen LogP contribution in [0.1, 0.15) is 28.1 Å². The van der Waals surface area contributed by atoms with Gasteiger partial charge < -0.3 is 4.98 Å². The van der Waals surface area contributed by atoms with E-state index < -0.39 is 0 Å². The van der Waals surface area contributed by atoms with Crippen LogP contribution >= 0.6 is 0 Å². The summed E-state index contributed by atoms with van der Waals surface area (Å²) in [6, 6.07) is 12.2. The van der Waals surface area contributed by atoms with Crippen LogP contribution in [-0.2, 0) is 12.8 Å². The fourth-order valence-corrected chi connectivity index (χ4v) is 2.69. The third-order valence-electron chi connectivity index (χ3n) is 4.21. The van der Waals surface area contributed by atoms with Gasteiger partial charge in [0.05, 0.1) is 10.9 Å². The Kier molecular flexibility index (Phi) is 3.80. The lowest BCUT2D eigenvalue weighted by atomic mass is 10.0. The van der Waals surface area contributed by atoms with Gasteiger partial charge in [0, 0.05) is 6.42 Å². The molecular weight excluding hydrogens is 272 g/mol. The van der Waals surface area contributed by atoms with Crippen molar-refractivity contribution >= 4 is 10.9 Å². The Morgan fingerprint density at radius 1 is 0.955 bits per heavy atom. The maximum atomic E-state index is 12.2. The van der Waals surface area contributed by atoms with E-state index in [1.165, 1.54) is 16.7 Å². The molecule has 0 aliphatic rings.